The number of anilines is 1. The van der Waals surface area contributed by atoms with Crippen LogP contribution in [0.1, 0.15) is 12.7 Å². The molecule has 0 spiro atoms. The number of ether oxygens (including phenoxy) is 2. The average molecular weight is 454 g/mol. The molecule has 0 saturated carbocycles. The minimum atomic E-state index is -0.249. The molecule has 0 aliphatic carbocycles. The molecule has 3 aromatic rings. The van der Waals surface area contributed by atoms with Crippen molar-refractivity contribution in [1.29, 1.82) is 0 Å². The number of rotatable bonds is 7. The van der Waals surface area contributed by atoms with Gasteiger partial charge in [-0.2, -0.15) is 0 Å². The molecule has 0 saturated heterocycles. The van der Waals surface area contributed by atoms with Gasteiger partial charge in [-0.15, -0.1) is 10.2 Å². The van der Waals surface area contributed by atoms with E-state index >= 15 is 0 Å². The third-order valence-electron chi connectivity index (χ3n) is 4.65. The lowest BCUT2D eigenvalue weighted by Crippen LogP contribution is -2.41. The van der Waals surface area contributed by atoms with Crippen LogP contribution in [0.5, 0.6) is 11.5 Å². The predicted octanol–water partition coefficient (Wildman–Crippen LogP) is 2.58. The molecular formula is C22H23N5O4S. The van der Waals surface area contributed by atoms with Gasteiger partial charge in [-0.1, -0.05) is 30.0 Å². The molecule has 0 radical (unpaired) electrons. The van der Waals surface area contributed by atoms with Gasteiger partial charge in [0.1, 0.15) is 18.5 Å². The molecule has 0 bridgehead atoms. The van der Waals surface area contributed by atoms with Crippen molar-refractivity contribution in [3.8, 4) is 17.2 Å². The zero-order chi connectivity index (χ0) is 22.5. The number of aromatic nitrogens is 3. The summed E-state index contributed by atoms with van der Waals surface area (Å²) in [5.74, 6) is 1.95. The Bertz CT molecular complexity index is 1130. The monoisotopic (exact) mass is 453 g/mol. The van der Waals surface area contributed by atoms with Crippen molar-refractivity contribution in [1.82, 2.24) is 20.1 Å². The molecule has 1 aliphatic heterocycles. The first kappa shape index (κ1) is 21.7. The first-order valence-electron chi connectivity index (χ1n) is 10.1. The summed E-state index contributed by atoms with van der Waals surface area (Å²) in [6.45, 7) is 4.01. The number of para-hydroxylation sites is 2. The minimum absolute atomic E-state index is 0.142. The predicted molar refractivity (Wildman–Crippen MR) is 120 cm³/mol. The van der Waals surface area contributed by atoms with E-state index in [1.165, 1.54) is 18.7 Å². The van der Waals surface area contributed by atoms with Gasteiger partial charge in [0.05, 0.1) is 18.0 Å². The highest BCUT2D eigenvalue weighted by Gasteiger charge is 2.21. The van der Waals surface area contributed by atoms with Crippen LogP contribution in [0, 0.1) is 6.92 Å². The number of nitrogens with zero attached hydrogens (tertiary/aromatic N) is 3. The van der Waals surface area contributed by atoms with Crippen molar-refractivity contribution in [3.63, 3.8) is 0 Å². The maximum Gasteiger partial charge on any atom is 0.230 e. The highest BCUT2D eigenvalue weighted by Crippen LogP contribution is 2.30. The van der Waals surface area contributed by atoms with Gasteiger partial charge in [0.2, 0.25) is 11.8 Å². The fourth-order valence-electron chi connectivity index (χ4n) is 3.23. The fourth-order valence-corrected chi connectivity index (χ4v) is 4.06. The van der Waals surface area contributed by atoms with Crippen LogP contribution in [-0.2, 0) is 9.59 Å². The second-order valence-corrected chi connectivity index (χ2v) is 8.13. The van der Waals surface area contributed by atoms with Crippen LogP contribution in [0.4, 0.5) is 5.69 Å². The topological polar surface area (TPSA) is 107 Å². The normalized spacial score (nSPS) is 14.6. The van der Waals surface area contributed by atoms with E-state index in [2.05, 4.69) is 20.8 Å². The molecule has 1 atom stereocenters. The molecule has 4 rings (SSSR count). The summed E-state index contributed by atoms with van der Waals surface area (Å²) in [5.41, 5.74) is 1.47. The molecule has 1 unspecified atom stereocenters. The summed E-state index contributed by atoms with van der Waals surface area (Å²) in [6.07, 6.45) is -0.249. The van der Waals surface area contributed by atoms with Gasteiger partial charge >= 0.3 is 0 Å². The van der Waals surface area contributed by atoms with E-state index in [1.54, 1.807) is 6.07 Å². The van der Waals surface area contributed by atoms with E-state index in [-0.39, 0.29) is 23.7 Å². The first-order valence-corrected chi connectivity index (χ1v) is 11.1. The van der Waals surface area contributed by atoms with Crippen molar-refractivity contribution < 1.29 is 19.1 Å². The zero-order valence-corrected chi connectivity index (χ0v) is 18.5. The van der Waals surface area contributed by atoms with E-state index in [9.17, 15) is 9.59 Å². The van der Waals surface area contributed by atoms with Crippen LogP contribution >= 0.6 is 11.8 Å². The van der Waals surface area contributed by atoms with Gasteiger partial charge in [0, 0.05) is 12.6 Å². The summed E-state index contributed by atoms with van der Waals surface area (Å²) >= 11 is 1.28. The number of amides is 2. The third kappa shape index (κ3) is 5.20. The summed E-state index contributed by atoms with van der Waals surface area (Å²) in [7, 11) is 0. The number of nitrogens with one attached hydrogen (secondary N) is 2. The highest BCUT2D eigenvalue weighted by atomic mass is 32.2. The number of hydrogen-bond donors (Lipinski definition) is 2. The molecule has 1 aromatic heterocycles. The lowest BCUT2D eigenvalue weighted by atomic mass is 10.2. The van der Waals surface area contributed by atoms with Crippen LogP contribution in [0.3, 0.4) is 0 Å². The third-order valence-corrected chi connectivity index (χ3v) is 5.58. The van der Waals surface area contributed by atoms with Crippen LogP contribution < -0.4 is 20.1 Å². The van der Waals surface area contributed by atoms with Crippen molar-refractivity contribution in [3.05, 3.63) is 54.4 Å². The van der Waals surface area contributed by atoms with E-state index in [1.807, 2.05) is 54.0 Å². The Hall–Kier alpha value is -3.53. The number of aryl methyl sites for hydroxylation is 1. The van der Waals surface area contributed by atoms with E-state index in [0.29, 0.717) is 41.3 Å². The minimum Gasteiger partial charge on any atom is -0.486 e. The Morgan fingerprint density at radius 2 is 1.97 bits per heavy atom. The maximum absolute atomic E-state index is 12.4. The number of carbonyl (C=O) groups is 2. The van der Waals surface area contributed by atoms with Gasteiger partial charge in [-0.05, 0) is 37.3 Å². The van der Waals surface area contributed by atoms with Gasteiger partial charge in [-0.3, -0.25) is 14.2 Å². The molecule has 9 nitrogen and oxygen atoms in total. The molecule has 1 aliphatic rings. The molecule has 0 fully saturated rings. The van der Waals surface area contributed by atoms with Gasteiger partial charge in [-0.25, -0.2) is 0 Å². The van der Waals surface area contributed by atoms with Crippen LogP contribution in [0.15, 0.2) is 53.7 Å². The number of benzene rings is 2. The lowest BCUT2D eigenvalue weighted by molar-refractivity contribution is -0.119. The zero-order valence-electron chi connectivity index (χ0n) is 17.7. The average Bonchev–Trinajstić information content (AvgIpc) is 3.16. The van der Waals surface area contributed by atoms with Crippen molar-refractivity contribution in [2.75, 3.05) is 24.2 Å². The molecule has 2 N–H and O–H groups in total. The molecule has 2 heterocycles. The maximum atomic E-state index is 12.4. The van der Waals surface area contributed by atoms with Gasteiger partial charge < -0.3 is 20.1 Å². The van der Waals surface area contributed by atoms with Crippen LogP contribution in [0.2, 0.25) is 0 Å². The van der Waals surface area contributed by atoms with E-state index in [4.69, 9.17) is 9.47 Å². The molecule has 10 heteroatoms. The Morgan fingerprint density at radius 1 is 1.16 bits per heavy atom. The summed E-state index contributed by atoms with van der Waals surface area (Å²) in [5, 5.41) is 14.6. The Kier molecular flexibility index (Phi) is 6.60. The number of thioether (sulfide) groups is 1. The number of fused-ring (bicyclic) bond motifs is 1. The molecule has 2 amide bonds. The molecular weight excluding hydrogens is 430 g/mol. The largest absolute Gasteiger partial charge is 0.486 e. The van der Waals surface area contributed by atoms with Gasteiger partial charge in [0.25, 0.3) is 0 Å². The second-order valence-electron chi connectivity index (χ2n) is 7.19. The number of hydrogen-bond acceptors (Lipinski definition) is 7. The summed E-state index contributed by atoms with van der Waals surface area (Å²) < 4.78 is 13.4. The molecule has 166 valence electrons. The van der Waals surface area contributed by atoms with Crippen molar-refractivity contribution in [2.45, 2.75) is 25.1 Å². The quantitative estimate of drug-likeness (QED) is 0.530. The Labute approximate surface area is 189 Å². The van der Waals surface area contributed by atoms with Crippen molar-refractivity contribution in [2.24, 2.45) is 0 Å². The highest BCUT2D eigenvalue weighted by molar-refractivity contribution is 7.99. The van der Waals surface area contributed by atoms with E-state index < -0.39 is 0 Å². The summed E-state index contributed by atoms with van der Waals surface area (Å²) in [4.78, 5) is 23.8. The first-order chi connectivity index (χ1) is 15.5. The van der Waals surface area contributed by atoms with Crippen LogP contribution in [0.25, 0.3) is 5.69 Å². The Morgan fingerprint density at radius 3 is 2.78 bits per heavy atom. The lowest BCUT2D eigenvalue weighted by Gasteiger charge is -2.26. The molecule has 32 heavy (non-hydrogen) atoms. The summed E-state index contributed by atoms with van der Waals surface area (Å²) in [6, 6.07) is 14.8. The Balaban J connectivity index is 1.34. The smallest absolute Gasteiger partial charge is 0.230 e. The SMILES string of the molecule is CC(=O)Nc1cccc(-n2c(C)nnc2SCC(=O)NCC2COc3ccccc3O2)c1. The fraction of sp³-hybridized carbons (Fsp3) is 0.273. The van der Waals surface area contributed by atoms with E-state index in [0.717, 1.165) is 5.69 Å². The second kappa shape index (κ2) is 9.73. The number of carbonyl (C=O) groups excluding carboxylic acids is 2. The molecule has 2 aromatic carbocycles. The van der Waals surface area contributed by atoms with Crippen molar-refractivity contribution >= 4 is 29.3 Å². The van der Waals surface area contributed by atoms with Gasteiger partial charge in [0.15, 0.2) is 16.7 Å². The standard InChI is InChI=1S/C22H23N5O4S/c1-14-25-26-22(27(14)17-7-5-6-16(10-17)24-15(2)28)32-13-21(29)23-11-18-12-30-19-8-3-4-9-20(19)31-18/h3-10,18H,11-13H2,1-2H3,(H,23,29)(H,24,28). The van der Waals surface area contributed by atoms with Crippen LogP contribution in [-0.4, -0.2) is 51.6 Å².